The molecule has 1 nitrogen and oxygen atoms in total. The van der Waals surface area contributed by atoms with Crippen LogP contribution >= 0.6 is 43.5 Å². The minimum atomic E-state index is -0.0856. The number of carbonyl (C=O) groups excluding carboxylic acids is 1. The van der Waals surface area contributed by atoms with E-state index in [9.17, 15) is 4.79 Å². The molecule has 4 heteroatoms. The Morgan fingerprint density at radius 2 is 1.59 bits per heavy atom. The van der Waals surface area contributed by atoms with E-state index < -0.39 is 0 Å². The van der Waals surface area contributed by atoms with Crippen molar-refractivity contribution in [2.45, 2.75) is 0 Å². The van der Waals surface area contributed by atoms with Gasteiger partial charge >= 0.3 is 0 Å². The van der Waals surface area contributed by atoms with Crippen LogP contribution in [0.5, 0.6) is 0 Å². The summed E-state index contributed by atoms with van der Waals surface area (Å²) in [4.78, 5) is 12.2. The van der Waals surface area contributed by atoms with Crippen molar-refractivity contribution in [1.29, 1.82) is 0 Å². The average Bonchev–Trinajstić information content (AvgIpc) is 2.27. The quantitative estimate of drug-likeness (QED) is 0.669. The fourth-order valence-electron chi connectivity index (χ4n) is 1.49. The molecule has 0 aliphatic rings. The van der Waals surface area contributed by atoms with Crippen molar-refractivity contribution in [2.75, 3.05) is 0 Å². The summed E-state index contributed by atoms with van der Waals surface area (Å²) >= 11 is 12.7. The zero-order valence-electron chi connectivity index (χ0n) is 8.58. The van der Waals surface area contributed by atoms with E-state index in [-0.39, 0.29) is 5.78 Å². The zero-order chi connectivity index (χ0) is 12.4. The largest absolute Gasteiger partial charge is 0.289 e. The van der Waals surface area contributed by atoms with E-state index in [1.807, 2.05) is 6.07 Å². The highest BCUT2D eigenvalue weighted by Crippen LogP contribution is 2.24. The SMILES string of the molecule is O=C(c1cc(Br)cc(Br)c1)c1ccccc1Cl. The summed E-state index contributed by atoms with van der Waals surface area (Å²) in [5.74, 6) is -0.0856. The lowest BCUT2D eigenvalue weighted by atomic mass is 10.0. The fraction of sp³-hybridized carbons (Fsp3) is 0. The van der Waals surface area contributed by atoms with Gasteiger partial charge in [-0.1, -0.05) is 55.6 Å². The Hall–Kier alpha value is -0.640. The molecular formula is C13H7Br2ClO. The van der Waals surface area contributed by atoms with Crippen LogP contribution in [0.3, 0.4) is 0 Å². The molecule has 2 rings (SSSR count). The lowest BCUT2D eigenvalue weighted by Gasteiger charge is -2.04. The second-order valence-electron chi connectivity index (χ2n) is 3.47. The first-order chi connectivity index (χ1) is 8.08. The van der Waals surface area contributed by atoms with Crippen LogP contribution < -0.4 is 0 Å². The molecule has 0 fully saturated rings. The predicted octanol–water partition coefficient (Wildman–Crippen LogP) is 5.10. The van der Waals surface area contributed by atoms with Crippen molar-refractivity contribution in [1.82, 2.24) is 0 Å². The molecule has 0 spiro atoms. The van der Waals surface area contributed by atoms with Gasteiger partial charge in [0.1, 0.15) is 0 Å². The molecule has 0 bridgehead atoms. The summed E-state index contributed by atoms with van der Waals surface area (Å²) in [7, 11) is 0. The molecule has 0 saturated carbocycles. The molecular weight excluding hydrogens is 367 g/mol. The Bertz CT molecular complexity index is 561. The van der Waals surface area contributed by atoms with Crippen LogP contribution in [0.2, 0.25) is 5.02 Å². The molecule has 0 radical (unpaired) electrons. The number of hydrogen-bond donors (Lipinski definition) is 0. The van der Waals surface area contributed by atoms with Gasteiger partial charge in [-0.15, -0.1) is 0 Å². The maximum absolute atomic E-state index is 12.2. The molecule has 0 saturated heterocycles. The van der Waals surface area contributed by atoms with E-state index in [0.717, 1.165) is 8.95 Å². The van der Waals surface area contributed by atoms with Crippen LogP contribution in [0, 0.1) is 0 Å². The third kappa shape index (κ3) is 2.97. The molecule has 2 aromatic carbocycles. The molecule has 0 aliphatic heterocycles. The first-order valence-corrected chi connectivity index (χ1v) is 6.79. The van der Waals surface area contributed by atoms with Crippen molar-refractivity contribution in [3.05, 3.63) is 67.6 Å². The third-order valence-corrected chi connectivity index (χ3v) is 3.49. The normalized spacial score (nSPS) is 10.3. The average molecular weight is 374 g/mol. The Morgan fingerprint density at radius 3 is 2.18 bits per heavy atom. The van der Waals surface area contributed by atoms with Crippen molar-refractivity contribution >= 4 is 49.2 Å². The lowest BCUT2D eigenvalue weighted by molar-refractivity contribution is 0.103. The van der Waals surface area contributed by atoms with E-state index in [4.69, 9.17) is 11.6 Å². The summed E-state index contributed by atoms with van der Waals surface area (Å²) in [6.45, 7) is 0. The van der Waals surface area contributed by atoms with Crippen molar-refractivity contribution in [3.8, 4) is 0 Å². The summed E-state index contributed by atoms with van der Waals surface area (Å²) in [5.41, 5.74) is 1.11. The van der Waals surface area contributed by atoms with Crippen LogP contribution in [0.4, 0.5) is 0 Å². The van der Waals surface area contributed by atoms with Crippen LogP contribution in [-0.4, -0.2) is 5.78 Å². The highest BCUT2D eigenvalue weighted by Gasteiger charge is 2.13. The number of ketones is 1. The Balaban J connectivity index is 2.48. The maximum atomic E-state index is 12.2. The monoisotopic (exact) mass is 372 g/mol. The van der Waals surface area contributed by atoms with Gasteiger partial charge in [0.2, 0.25) is 0 Å². The van der Waals surface area contributed by atoms with Gasteiger partial charge in [-0.3, -0.25) is 4.79 Å². The van der Waals surface area contributed by atoms with Crippen LogP contribution in [0.15, 0.2) is 51.4 Å². The van der Waals surface area contributed by atoms with Gasteiger partial charge in [-0.05, 0) is 30.3 Å². The third-order valence-electron chi connectivity index (χ3n) is 2.24. The topological polar surface area (TPSA) is 17.1 Å². The minimum Gasteiger partial charge on any atom is -0.289 e. The Morgan fingerprint density at radius 1 is 1.00 bits per heavy atom. The lowest BCUT2D eigenvalue weighted by Crippen LogP contribution is -2.02. The molecule has 0 aromatic heterocycles. The highest BCUT2D eigenvalue weighted by molar-refractivity contribution is 9.11. The minimum absolute atomic E-state index is 0.0856. The van der Waals surface area contributed by atoms with Gasteiger partial charge in [0.25, 0.3) is 0 Å². The molecule has 0 unspecified atom stereocenters. The van der Waals surface area contributed by atoms with Crippen LogP contribution in [0.1, 0.15) is 15.9 Å². The molecule has 0 heterocycles. The number of halogens is 3. The molecule has 0 amide bonds. The molecule has 0 aliphatic carbocycles. The maximum Gasteiger partial charge on any atom is 0.194 e. The van der Waals surface area contributed by atoms with Gasteiger partial charge in [0, 0.05) is 20.1 Å². The number of benzene rings is 2. The molecule has 17 heavy (non-hydrogen) atoms. The van der Waals surface area contributed by atoms with Crippen LogP contribution in [0.25, 0.3) is 0 Å². The zero-order valence-corrected chi connectivity index (χ0v) is 12.5. The summed E-state index contributed by atoms with van der Waals surface area (Å²) in [6, 6.07) is 12.5. The van der Waals surface area contributed by atoms with Gasteiger partial charge in [-0.25, -0.2) is 0 Å². The number of rotatable bonds is 2. The van der Waals surface area contributed by atoms with E-state index >= 15 is 0 Å². The Kier molecular flexibility index (Phi) is 4.02. The van der Waals surface area contributed by atoms with E-state index in [1.165, 1.54) is 0 Å². The predicted molar refractivity (Wildman–Crippen MR) is 76.7 cm³/mol. The number of carbonyl (C=O) groups is 1. The Labute approximate surface area is 121 Å². The first-order valence-electron chi connectivity index (χ1n) is 4.83. The molecule has 86 valence electrons. The molecule has 0 atom stereocenters. The van der Waals surface area contributed by atoms with E-state index in [1.54, 1.807) is 36.4 Å². The fourth-order valence-corrected chi connectivity index (χ4v) is 3.00. The summed E-state index contributed by atoms with van der Waals surface area (Å²) < 4.78 is 1.70. The van der Waals surface area contributed by atoms with Crippen LogP contribution in [-0.2, 0) is 0 Å². The second kappa shape index (κ2) is 5.34. The smallest absolute Gasteiger partial charge is 0.194 e. The standard InChI is InChI=1S/C13H7Br2ClO/c14-9-5-8(6-10(15)7-9)13(17)11-3-1-2-4-12(11)16/h1-7H. The van der Waals surface area contributed by atoms with Crippen molar-refractivity contribution in [3.63, 3.8) is 0 Å². The van der Waals surface area contributed by atoms with E-state index in [2.05, 4.69) is 31.9 Å². The summed E-state index contributed by atoms with van der Waals surface area (Å²) in [5, 5.41) is 0.466. The van der Waals surface area contributed by atoms with Gasteiger partial charge in [-0.2, -0.15) is 0 Å². The highest BCUT2D eigenvalue weighted by atomic mass is 79.9. The van der Waals surface area contributed by atoms with E-state index in [0.29, 0.717) is 16.1 Å². The van der Waals surface area contributed by atoms with Gasteiger partial charge in [0.05, 0.1) is 5.02 Å². The van der Waals surface area contributed by atoms with Crippen molar-refractivity contribution < 1.29 is 4.79 Å². The van der Waals surface area contributed by atoms with Crippen molar-refractivity contribution in [2.24, 2.45) is 0 Å². The molecule has 2 aromatic rings. The van der Waals surface area contributed by atoms with Gasteiger partial charge < -0.3 is 0 Å². The first kappa shape index (κ1) is 12.8. The van der Waals surface area contributed by atoms with Gasteiger partial charge in [0.15, 0.2) is 5.78 Å². The second-order valence-corrected chi connectivity index (χ2v) is 5.71. The number of hydrogen-bond acceptors (Lipinski definition) is 1. The molecule has 0 N–H and O–H groups in total. The summed E-state index contributed by atoms with van der Waals surface area (Å²) in [6.07, 6.45) is 0.